The van der Waals surface area contributed by atoms with Crippen molar-refractivity contribution in [1.29, 1.82) is 0 Å². The standard InChI is InChI=1S/C16H24OSi/c1-14(12-13-18(2,3)4)16(17)11-10-15-8-6-5-7-9-15/h5-9,14,16-17H,10-11H2,1-4H3/t14-,16+/m0/s1. The van der Waals surface area contributed by atoms with E-state index in [4.69, 9.17) is 0 Å². The Balaban J connectivity index is 2.45. The molecule has 0 heterocycles. The molecule has 2 heteroatoms. The van der Waals surface area contributed by atoms with Gasteiger partial charge in [-0.15, -0.1) is 11.5 Å². The lowest BCUT2D eigenvalue weighted by Gasteiger charge is -2.14. The number of aryl methyl sites for hydroxylation is 1. The van der Waals surface area contributed by atoms with Crippen LogP contribution < -0.4 is 0 Å². The molecule has 0 aliphatic rings. The van der Waals surface area contributed by atoms with E-state index in [1.165, 1.54) is 5.56 Å². The first-order valence-corrected chi connectivity index (χ1v) is 10.1. The van der Waals surface area contributed by atoms with Gasteiger partial charge in [0, 0.05) is 5.92 Å². The zero-order chi connectivity index (χ0) is 13.6. The van der Waals surface area contributed by atoms with Crippen LogP contribution in [0.4, 0.5) is 0 Å². The lowest BCUT2D eigenvalue weighted by molar-refractivity contribution is 0.132. The Hall–Kier alpha value is -1.04. The summed E-state index contributed by atoms with van der Waals surface area (Å²) in [5.74, 6) is 3.29. The molecule has 2 atom stereocenters. The quantitative estimate of drug-likeness (QED) is 0.649. The van der Waals surface area contributed by atoms with Crippen molar-refractivity contribution in [2.75, 3.05) is 0 Å². The van der Waals surface area contributed by atoms with Gasteiger partial charge in [0.25, 0.3) is 0 Å². The summed E-state index contributed by atoms with van der Waals surface area (Å²) in [4.78, 5) is 0. The van der Waals surface area contributed by atoms with Crippen molar-refractivity contribution >= 4 is 8.07 Å². The predicted octanol–water partition coefficient (Wildman–Crippen LogP) is 3.50. The number of hydrogen-bond donors (Lipinski definition) is 1. The zero-order valence-electron chi connectivity index (χ0n) is 11.9. The molecule has 0 aromatic heterocycles. The summed E-state index contributed by atoms with van der Waals surface area (Å²) in [6.07, 6.45) is 1.38. The van der Waals surface area contributed by atoms with Gasteiger partial charge in [-0.1, -0.05) is 50.0 Å². The Morgan fingerprint density at radius 3 is 2.33 bits per heavy atom. The molecule has 0 aliphatic carbocycles. The predicted molar refractivity (Wildman–Crippen MR) is 81.1 cm³/mol. The van der Waals surface area contributed by atoms with Crippen molar-refractivity contribution in [3.8, 4) is 11.5 Å². The van der Waals surface area contributed by atoms with Crippen LogP contribution in [0, 0.1) is 17.4 Å². The van der Waals surface area contributed by atoms with Crippen molar-refractivity contribution in [1.82, 2.24) is 0 Å². The Kier molecular flexibility index (Phi) is 5.65. The number of benzene rings is 1. The van der Waals surface area contributed by atoms with E-state index < -0.39 is 8.07 Å². The Bertz CT molecular complexity index is 408. The molecule has 0 radical (unpaired) electrons. The Labute approximate surface area is 112 Å². The van der Waals surface area contributed by atoms with E-state index in [1.807, 2.05) is 25.1 Å². The first kappa shape index (κ1) is 15.0. The van der Waals surface area contributed by atoms with Crippen LogP contribution in [-0.2, 0) is 6.42 Å². The third-order valence-corrected chi connectivity index (χ3v) is 3.72. The largest absolute Gasteiger partial charge is 0.392 e. The van der Waals surface area contributed by atoms with Crippen molar-refractivity contribution in [3.63, 3.8) is 0 Å². The van der Waals surface area contributed by atoms with Crippen LogP contribution in [0.5, 0.6) is 0 Å². The summed E-state index contributed by atoms with van der Waals surface area (Å²) in [6, 6.07) is 10.3. The van der Waals surface area contributed by atoms with Crippen molar-refractivity contribution in [2.24, 2.45) is 5.92 Å². The minimum Gasteiger partial charge on any atom is -0.392 e. The van der Waals surface area contributed by atoms with Crippen LogP contribution >= 0.6 is 0 Å². The maximum absolute atomic E-state index is 10.1. The molecule has 0 unspecified atom stereocenters. The molecule has 18 heavy (non-hydrogen) atoms. The highest BCUT2D eigenvalue weighted by Gasteiger charge is 2.13. The fraction of sp³-hybridized carbons (Fsp3) is 0.500. The van der Waals surface area contributed by atoms with E-state index in [1.54, 1.807) is 0 Å². The molecular formula is C16H24OSi. The van der Waals surface area contributed by atoms with Crippen molar-refractivity contribution in [3.05, 3.63) is 35.9 Å². The fourth-order valence-electron chi connectivity index (χ4n) is 1.64. The van der Waals surface area contributed by atoms with Crippen molar-refractivity contribution in [2.45, 2.75) is 45.5 Å². The molecule has 1 aromatic rings. The van der Waals surface area contributed by atoms with E-state index in [9.17, 15) is 5.11 Å². The first-order valence-electron chi connectivity index (χ1n) is 6.63. The van der Waals surface area contributed by atoms with Crippen molar-refractivity contribution < 1.29 is 5.11 Å². The van der Waals surface area contributed by atoms with E-state index >= 15 is 0 Å². The second-order valence-electron chi connectivity index (χ2n) is 5.90. The summed E-state index contributed by atoms with van der Waals surface area (Å²) in [6.45, 7) is 8.69. The summed E-state index contributed by atoms with van der Waals surface area (Å²) < 4.78 is 0. The molecule has 0 saturated heterocycles. The molecule has 0 saturated carbocycles. The molecule has 1 rings (SSSR count). The number of aliphatic hydroxyl groups is 1. The molecule has 0 bridgehead atoms. The number of hydrogen-bond acceptors (Lipinski definition) is 1. The van der Waals surface area contributed by atoms with Gasteiger partial charge in [-0.3, -0.25) is 0 Å². The molecule has 0 spiro atoms. The summed E-state index contributed by atoms with van der Waals surface area (Å²) in [5, 5.41) is 10.1. The van der Waals surface area contributed by atoms with Crippen LogP contribution in [0.25, 0.3) is 0 Å². The minimum absolute atomic E-state index is 0.0698. The SMILES string of the molecule is C[C@@H](C#C[Si](C)(C)C)[C@H](O)CCc1ccccc1. The molecule has 1 aromatic carbocycles. The lowest BCUT2D eigenvalue weighted by Crippen LogP contribution is -2.20. The third kappa shape index (κ3) is 6.04. The highest BCUT2D eigenvalue weighted by Crippen LogP contribution is 2.11. The van der Waals surface area contributed by atoms with Gasteiger partial charge >= 0.3 is 0 Å². The monoisotopic (exact) mass is 260 g/mol. The average Bonchev–Trinajstić information content (AvgIpc) is 2.33. The molecule has 0 fully saturated rings. The number of rotatable bonds is 4. The van der Waals surface area contributed by atoms with Gasteiger partial charge in [0.15, 0.2) is 0 Å². The van der Waals surface area contributed by atoms with Crippen LogP contribution in [0.1, 0.15) is 18.9 Å². The normalized spacial score (nSPS) is 14.5. The summed E-state index contributed by atoms with van der Waals surface area (Å²) in [7, 11) is -1.32. The highest BCUT2D eigenvalue weighted by molar-refractivity contribution is 6.83. The Morgan fingerprint density at radius 1 is 1.17 bits per heavy atom. The molecule has 0 aliphatic heterocycles. The van der Waals surface area contributed by atoms with Gasteiger partial charge in [0.05, 0.1) is 6.10 Å². The average molecular weight is 260 g/mol. The maximum Gasteiger partial charge on any atom is 0.129 e. The van der Waals surface area contributed by atoms with Crippen LogP contribution in [0.2, 0.25) is 19.6 Å². The van der Waals surface area contributed by atoms with E-state index in [-0.39, 0.29) is 12.0 Å². The van der Waals surface area contributed by atoms with Crippen LogP contribution in [-0.4, -0.2) is 19.3 Å². The topological polar surface area (TPSA) is 20.2 Å². The second-order valence-corrected chi connectivity index (χ2v) is 10.6. The molecular weight excluding hydrogens is 236 g/mol. The van der Waals surface area contributed by atoms with Crippen LogP contribution in [0.3, 0.4) is 0 Å². The molecule has 0 amide bonds. The van der Waals surface area contributed by atoms with E-state index in [2.05, 4.69) is 43.2 Å². The van der Waals surface area contributed by atoms with Gasteiger partial charge < -0.3 is 5.11 Å². The van der Waals surface area contributed by atoms with Gasteiger partial charge in [0.2, 0.25) is 0 Å². The lowest BCUT2D eigenvalue weighted by atomic mass is 9.99. The fourth-order valence-corrected chi connectivity index (χ4v) is 2.30. The zero-order valence-corrected chi connectivity index (χ0v) is 12.9. The summed E-state index contributed by atoms with van der Waals surface area (Å²) >= 11 is 0. The maximum atomic E-state index is 10.1. The smallest absolute Gasteiger partial charge is 0.129 e. The Morgan fingerprint density at radius 2 is 1.78 bits per heavy atom. The highest BCUT2D eigenvalue weighted by atomic mass is 28.3. The van der Waals surface area contributed by atoms with Crippen LogP contribution in [0.15, 0.2) is 30.3 Å². The summed E-state index contributed by atoms with van der Waals surface area (Å²) in [5.41, 5.74) is 4.61. The number of aliphatic hydroxyl groups excluding tert-OH is 1. The van der Waals surface area contributed by atoms with E-state index in [0.717, 1.165) is 12.8 Å². The molecule has 1 nitrogen and oxygen atoms in total. The van der Waals surface area contributed by atoms with Gasteiger partial charge in [-0.05, 0) is 25.3 Å². The first-order chi connectivity index (χ1) is 8.38. The van der Waals surface area contributed by atoms with Gasteiger partial charge in [-0.25, -0.2) is 0 Å². The molecule has 98 valence electrons. The third-order valence-electron chi connectivity index (χ3n) is 2.82. The second kappa shape index (κ2) is 6.77. The van der Waals surface area contributed by atoms with E-state index in [0.29, 0.717) is 0 Å². The minimum atomic E-state index is -1.32. The van der Waals surface area contributed by atoms with Gasteiger partial charge in [0.1, 0.15) is 8.07 Å². The van der Waals surface area contributed by atoms with Gasteiger partial charge in [-0.2, -0.15) is 0 Å². The molecule has 1 N–H and O–H groups in total.